The fourth-order valence-corrected chi connectivity index (χ4v) is 2.12. The minimum atomic E-state index is -0.0913. The van der Waals surface area contributed by atoms with Crippen molar-refractivity contribution in [2.45, 2.75) is 53.1 Å². The highest BCUT2D eigenvalue weighted by Crippen LogP contribution is 2.32. The molecule has 0 radical (unpaired) electrons. The molecule has 2 unspecified atom stereocenters. The summed E-state index contributed by atoms with van der Waals surface area (Å²) in [6.07, 6.45) is 0.372. The second-order valence-electron chi connectivity index (χ2n) is 6.89. The largest absolute Gasteiger partial charge is 0.349 e. The fourth-order valence-electron chi connectivity index (χ4n) is 2.12. The van der Waals surface area contributed by atoms with Gasteiger partial charge in [-0.25, -0.2) is 0 Å². The van der Waals surface area contributed by atoms with Gasteiger partial charge in [0, 0.05) is 12.5 Å². The molecule has 0 aliphatic rings. The molecule has 1 amide bonds. The van der Waals surface area contributed by atoms with Crippen molar-refractivity contribution in [3.8, 4) is 0 Å². The normalized spacial score (nSPS) is 14.9. The molecule has 0 bridgehead atoms. The molecule has 0 aromatic heterocycles. The Kier molecular flexibility index (Phi) is 5.75. The third-order valence-electron chi connectivity index (χ3n) is 3.58. The number of hydrogen-bond acceptors (Lipinski definition) is 2. The van der Waals surface area contributed by atoms with Gasteiger partial charge in [0.25, 0.3) is 0 Å². The first-order valence-electron chi connectivity index (χ1n) is 7.31. The Bertz CT molecular complexity index is 420. The molecular formula is C17H28N2O. The predicted octanol–water partition coefficient (Wildman–Crippen LogP) is 3.26. The highest BCUT2D eigenvalue weighted by atomic mass is 16.1. The zero-order valence-corrected chi connectivity index (χ0v) is 13.3. The molecule has 3 nitrogen and oxygen atoms in total. The number of carbonyl (C=O) groups excluding carboxylic acids is 1. The lowest BCUT2D eigenvalue weighted by molar-refractivity contribution is -0.123. The molecule has 3 heteroatoms. The molecule has 0 fully saturated rings. The van der Waals surface area contributed by atoms with Gasteiger partial charge >= 0.3 is 0 Å². The highest BCUT2D eigenvalue weighted by Gasteiger charge is 2.28. The van der Waals surface area contributed by atoms with Crippen LogP contribution < -0.4 is 11.1 Å². The summed E-state index contributed by atoms with van der Waals surface area (Å²) in [5.74, 6) is 0.334. The molecule has 0 aliphatic carbocycles. The molecule has 0 heterocycles. The third kappa shape index (κ3) is 4.97. The summed E-state index contributed by atoms with van der Waals surface area (Å²) < 4.78 is 0. The van der Waals surface area contributed by atoms with Gasteiger partial charge in [0.15, 0.2) is 0 Å². The van der Waals surface area contributed by atoms with Gasteiger partial charge in [-0.3, -0.25) is 4.79 Å². The summed E-state index contributed by atoms with van der Waals surface area (Å²) in [4.78, 5) is 12.2. The molecule has 112 valence electrons. The number of nitrogens with two attached hydrogens (primary N) is 1. The molecule has 0 saturated heterocycles. The first kappa shape index (κ1) is 16.7. The van der Waals surface area contributed by atoms with Crippen molar-refractivity contribution < 1.29 is 4.79 Å². The fraction of sp³-hybridized carbons (Fsp3) is 0.588. The topological polar surface area (TPSA) is 55.1 Å². The van der Waals surface area contributed by atoms with E-state index in [9.17, 15) is 4.79 Å². The van der Waals surface area contributed by atoms with Gasteiger partial charge < -0.3 is 11.1 Å². The molecule has 0 aliphatic heterocycles. The van der Waals surface area contributed by atoms with Crippen molar-refractivity contribution in [1.29, 1.82) is 0 Å². The van der Waals surface area contributed by atoms with Crippen LogP contribution in [0.2, 0.25) is 0 Å². The quantitative estimate of drug-likeness (QED) is 0.867. The number of carbonyl (C=O) groups is 1. The van der Waals surface area contributed by atoms with Crippen LogP contribution in [0.3, 0.4) is 0 Å². The average Bonchev–Trinajstić information content (AvgIpc) is 2.35. The maximum atomic E-state index is 12.2. The van der Waals surface area contributed by atoms with E-state index in [1.807, 2.05) is 32.0 Å². The number of hydrogen-bond donors (Lipinski definition) is 2. The highest BCUT2D eigenvalue weighted by molar-refractivity contribution is 5.77. The summed E-state index contributed by atoms with van der Waals surface area (Å²) in [6, 6.07) is 10.00. The standard InChI is InChI=1S/C17H28N2O/c1-12(2)14(18)11-15(20)19-16(17(3,4)5)13-9-7-6-8-10-13/h6-10,12,14,16H,11,18H2,1-5H3,(H,19,20). The Morgan fingerprint density at radius 1 is 1.20 bits per heavy atom. The Balaban J connectivity index is 2.80. The second kappa shape index (κ2) is 6.89. The number of rotatable bonds is 5. The van der Waals surface area contributed by atoms with Crippen LogP contribution in [0.5, 0.6) is 0 Å². The minimum Gasteiger partial charge on any atom is -0.349 e. The lowest BCUT2D eigenvalue weighted by Crippen LogP contribution is -2.40. The van der Waals surface area contributed by atoms with E-state index >= 15 is 0 Å². The second-order valence-corrected chi connectivity index (χ2v) is 6.89. The van der Waals surface area contributed by atoms with Crippen LogP contribution in [-0.4, -0.2) is 11.9 Å². The summed E-state index contributed by atoms with van der Waals surface area (Å²) in [7, 11) is 0. The smallest absolute Gasteiger partial charge is 0.222 e. The van der Waals surface area contributed by atoms with Crippen molar-refractivity contribution in [2.24, 2.45) is 17.1 Å². The predicted molar refractivity (Wildman–Crippen MR) is 84.2 cm³/mol. The molecule has 1 aromatic rings. The minimum absolute atomic E-state index is 0.00411. The maximum absolute atomic E-state index is 12.2. The average molecular weight is 276 g/mol. The zero-order chi connectivity index (χ0) is 15.3. The zero-order valence-electron chi connectivity index (χ0n) is 13.3. The lowest BCUT2D eigenvalue weighted by Gasteiger charge is -2.32. The van der Waals surface area contributed by atoms with Gasteiger partial charge in [0.05, 0.1) is 6.04 Å². The van der Waals surface area contributed by atoms with Crippen molar-refractivity contribution in [1.82, 2.24) is 5.32 Å². The first-order chi connectivity index (χ1) is 9.21. The molecule has 1 aromatic carbocycles. The maximum Gasteiger partial charge on any atom is 0.222 e. The van der Waals surface area contributed by atoms with E-state index in [1.54, 1.807) is 0 Å². The summed E-state index contributed by atoms with van der Waals surface area (Å²) in [5, 5.41) is 3.14. The van der Waals surface area contributed by atoms with Crippen LogP contribution in [0.4, 0.5) is 0 Å². The van der Waals surface area contributed by atoms with Crippen molar-refractivity contribution in [3.63, 3.8) is 0 Å². The van der Waals surface area contributed by atoms with Crippen LogP contribution >= 0.6 is 0 Å². The molecule has 3 N–H and O–H groups in total. The van der Waals surface area contributed by atoms with Crippen LogP contribution in [0, 0.1) is 11.3 Å². The number of nitrogens with one attached hydrogen (secondary N) is 1. The van der Waals surface area contributed by atoms with Gasteiger partial charge in [0.1, 0.15) is 0 Å². The third-order valence-corrected chi connectivity index (χ3v) is 3.58. The van der Waals surface area contributed by atoms with Gasteiger partial charge in [-0.05, 0) is 16.9 Å². The Hall–Kier alpha value is -1.35. The molecule has 1 rings (SSSR count). The van der Waals surface area contributed by atoms with E-state index in [2.05, 4.69) is 38.2 Å². The van der Waals surface area contributed by atoms with E-state index in [0.717, 1.165) is 5.56 Å². The summed E-state index contributed by atoms with van der Waals surface area (Å²) >= 11 is 0. The van der Waals surface area contributed by atoms with Crippen LogP contribution in [-0.2, 0) is 4.79 Å². The monoisotopic (exact) mass is 276 g/mol. The van der Waals surface area contributed by atoms with Gasteiger partial charge in [-0.1, -0.05) is 65.0 Å². The Labute approximate surface area is 122 Å². The van der Waals surface area contributed by atoms with E-state index < -0.39 is 0 Å². The van der Waals surface area contributed by atoms with Crippen LogP contribution in [0.25, 0.3) is 0 Å². The van der Waals surface area contributed by atoms with E-state index in [-0.39, 0.29) is 23.4 Å². The van der Waals surface area contributed by atoms with Crippen molar-refractivity contribution >= 4 is 5.91 Å². The number of amides is 1. The van der Waals surface area contributed by atoms with Crippen LogP contribution in [0.15, 0.2) is 30.3 Å². The van der Waals surface area contributed by atoms with Gasteiger partial charge in [0.2, 0.25) is 5.91 Å². The van der Waals surface area contributed by atoms with E-state index in [0.29, 0.717) is 12.3 Å². The SMILES string of the molecule is CC(C)C(N)CC(=O)NC(c1ccccc1)C(C)(C)C. The van der Waals surface area contributed by atoms with E-state index in [1.165, 1.54) is 0 Å². The van der Waals surface area contributed by atoms with Crippen molar-refractivity contribution in [2.75, 3.05) is 0 Å². The Morgan fingerprint density at radius 2 is 1.75 bits per heavy atom. The molecular weight excluding hydrogens is 248 g/mol. The van der Waals surface area contributed by atoms with Gasteiger partial charge in [-0.15, -0.1) is 0 Å². The van der Waals surface area contributed by atoms with Gasteiger partial charge in [-0.2, -0.15) is 0 Å². The molecule has 0 saturated carbocycles. The summed E-state index contributed by atoms with van der Waals surface area (Å²) in [5.41, 5.74) is 7.07. The molecule has 0 spiro atoms. The first-order valence-corrected chi connectivity index (χ1v) is 7.31. The van der Waals surface area contributed by atoms with Crippen molar-refractivity contribution in [3.05, 3.63) is 35.9 Å². The van der Waals surface area contributed by atoms with Crippen LogP contribution in [0.1, 0.15) is 52.6 Å². The Morgan fingerprint density at radius 3 is 2.20 bits per heavy atom. The summed E-state index contributed by atoms with van der Waals surface area (Å²) in [6.45, 7) is 10.5. The lowest BCUT2D eigenvalue weighted by atomic mass is 9.82. The molecule has 2 atom stereocenters. The number of benzene rings is 1. The van der Waals surface area contributed by atoms with E-state index in [4.69, 9.17) is 5.73 Å². The molecule has 20 heavy (non-hydrogen) atoms.